The van der Waals surface area contributed by atoms with Gasteiger partial charge in [-0.25, -0.2) is 0 Å². The molecule has 0 saturated carbocycles. The van der Waals surface area contributed by atoms with Gasteiger partial charge in [-0.3, -0.25) is 0 Å². The average molecular weight is 360 g/mol. The lowest BCUT2D eigenvalue weighted by Crippen LogP contribution is -2.07. The molecule has 1 rings (SSSR count). The summed E-state index contributed by atoms with van der Waals surface area (Å²) in [6, 6.07) is 3.64. The molecule has 0 unspecified atom stereocenters. The van der Waals surface area contributed by atoms with Crippen LogP contribution >= 0.6 is 0 Å². The Kier molecular flexibility index (Phi) is 9.83. The Morgan fingerprint density at radius 2 is 1.19 bits per heavy atom. The zero-order chi connectivity index (χ0) is 19.4. The van der Waals surface area contributed by atoms with E-state index in [-0.39, 0.29) is 13.1 Å². The fourth-order valence-electron chi connectivity index (χ4n) is 2.18. The highest BCUT2D eigenvalue weighted by molar-refractivity contribution is 5.46. The summed E-state index contributed by atoms with van der Waals surface area (Å²) >= 11 is 0. The standard InChI is InChI=1S/C18H28N6O2/c1-13(2)5-7-25-17-9-16(12-22-24-20)18(26-8-6-14(3)4)10-15(17)11-21-23-19/h9-10,13-14H,5-8,11-12H2,1-4H3. The number of hydrogen-bond donors (Lipinski definition) is 0. The third-order valence-electron chi connectivity index (χ3n) is 3.76. The minimum absolute atomic E-state index is 0.176. The first kappa shape index (κ1) is 21.5. The molecule has 0 saturated heterocycles. The van der Waals surface area contributed by atoms with Crippen LogP contribution in [0.3, 0.4) is 0 Å². The van der Waals surface area contributed by atoms with E-state index < -0.39 is 0 Å². The van der Waals surface area contributed by atoms with Crippen molar-refractivity contribution in [1.29, 1.82) is 0 Å². The highest BCUT2D eigenvalue weighted by atomic mass is 16.5. The van der Waals surface area contributed by atoms with Gasteiger partial charge in [-0.15, -0.1) is 0 Å². The molecule has 0 radical (unpaired) electrons. The maximum Gasteiger partial charge on any atom is 0.123 e. The lowest BCUT2D eigenvalue weighted by atomic mass is 10.1. The molecule has 26 heavy (non-hydrogen) atoms. The Labute approximate surface area is 154 Å². The van der Waals surface area contributed by atoms with Gasteiger partial charge in [0.05, 0.1) is 26.3 Å². The molecule has 0 aromatic heterocycles. The van der Waals surface area contributed by atoms with Gasteiger partial charge < -0.3 is 9.47 Å². The summed E-state index contributed by atoms with van der Waals surface area (Å²) in [5.41, 5.74) is 18.8. The van der Waals surface area contributed by atoms with Crippen molar-refractivity contribution in [2.75, 3.05) is 13.2 Å². The van der Waals surface area contributed by atoms with Gasteiger partial charge in [0.25, 0.3) is 0 Å². The molecule has 1 aromatic carbocycles. The molecule has 0 aliphatic rings. The highest BCUT2D eigenvalue weighted by Gasteiger charge is 2.12. The van der Waals surface area contributed by atoms with Gasteiger partial charge in [-0.05, 0) is 47.9 Å². The van der Waals surface area contributed by atoms with Crippen LogP contribution in [-0.2, 0) is 13.1 Å². The summed E-state index contributed by atoms with van der Waals surface area (Å²) in [7, 11) is 0. The lowest BCUT2D eigenvalue weighted by Gasteiger charge is -2.17. The van der Waals surface area contributed by atoms with Crippen LogP contribution in [-0.4, -0.2) is 13.2 Å². The van der Waals surface area contributed by atoms with Crippen molar-refractivity contribution in [2.45, 2.75) is 53.6 Å². The average Bonchev–Trinajstić information content (AvgIpc) is 2.59. The van der Waals surface area contributed by atoms with Crippen LogP contribution in [0.5, 0.6) is 11.5 Å². The van der Waals surface area contributed by atoms with Crippen LogP contribution in [0.25, 0.3) is 20.9 Å². The SMILES string of the molecule is CC(C)CCOc1cc(CN=[N+]=[N-])c(OCCC(C)C)cc1CN=[N+]=[N-]. The first-order valence-corrected chi connectivity index (χ1v) is 8.91. The second-order valence-corrected chi connectivity index (χ2v) is 6.91. The number of ether oxygens (including phenoxy) is 2. The number of rotatable bonds is 12. The summed E-state index contributed by atoms with van der Waals surface area (Å²) in [5, 5.41) is 7.30. The minimum Gasteiger partial charge on any atom is -0.493 e. The van der Waals surface area contributed by atoms with E-state index in [2.05, 4.69) is 47.7 Å². The summed E-state index contributed by atoms with van der Waals surface area (Å²) < 4.78 is 11.8. The van der Waals surface area contributed by atoms with E-state index in [1.807, 2.05) is 12.1 Å². The van der Waals surface area contributed by atoms with Gasteiger partial charge >= 0.3 is 0 Å². The summed E-state index contributed by atoms with van der Waals surface area (Å²) in [6.45, 7) is 9.99. The highest BCUT2D eigenvalue weighted by Crippen LogP contribution is 2.31. The van der Waals surface area contributed by atoms with Crippen molar-refractivity contribution in [3.8, 4) is 11.5 Å². The molecule has 8 heteroatoms. The number of azide groups is 2. The number of benzene rings is 1. The monoisotopic (exact) mass is 360 g/mol. The molecule has 0 atom stereocenters. The molecule has 8 nitrogen and oxygen atoms in total. The summed E-state index contributed by atoms with van der Waals surface area (Å²) in [4.78, 5) is 5.66. The molecule has 0 amide bonds. The van der Waals surface area contributed by atoms with Gasteiger partial charge in [0, 0.05) is 21.0 Å². The molecular weight excluding hydrogens is 332 g/mol. The second kappa shape index (κ2) is 11.9. The fourth-order valence-corrected chi connectivity index (χ4v) is 2.18. The normalized spacial score (nSPS) is 10.4. The molecule has 0 fully saturated rings. The first-order valence-electron chi connectivity index (χ1n) is 8.91. The quantitative estimate of drug-likeness (QED) is 0.252. The summed E-state index contributed by atoms with van der Waals surface area (Å²) in [5.74, 6) is 2.32. The number of hydrogen-bond acceptors (Lipinski definition) is 4. The van der Waals surface area contributed by atoms with Crippen LogP contribution in [0.2, 0.25) is 0 Å². The topological polar surface area (TPSA) is 116 Å². The van der Waals surface area contributed by atoms with E-state index in [0.29, 0.717) is 36.5 Å². The Morgan fingerprint density at radius 3 is 1.50 bits per heavy atom. The summed E-state index contributed by atoms with van der Waals surface area (Å²) in [6.07, 6.45) is 1.83. The van der Waals surface area contributed by atoms with Gasteiger partial charge in [0.15, 0.2) is 0 Å². The van der Waals surface area contributed by atoms with Crippen LogP contribution in [0, 0.1) is 11.8 Å². The van der Waals surface area contributed by atoms with Crippen molar-refractivity contribution in [1.82, 2.24) is 0 Å². The second-order valence-electron chi connectivity index (χ2n) is 6.91. The van der Waals surface area contributed by atoms with E-state index in [1.165, 1.54) is 0 Å². The largest absolute Gasteiger partial charge is 0.493 e. The Bertz CT molecular complexity index is 604. The van der Waals surface area contributed by atoms with Gasteiger partial charge in [-0.2, -0.15) is 0 Å². The third-order valence-corrected chi connectivity index (χ3v) is 3.76. The Hall–Kier alpha value is -2.56. The van der Waals surface area contributed by atoms with Crippen molar-refractivity contribution in [3.63, 3.8) is 0 Å². The molecule has 142 valence electrons. The van der Waals surface area contributed by atoms with Crippen LogP contribution in [0.4, 0.5) is 0 Å². The van der Waals surface area contributed by atoms with Crippen molar-refractivity contribution < 1.29 is 9.47 Å². The maximum atomic E-state index is 8.64. The van der Waals surface area contributed by atoms with E-state index in [1.54, 1.807) is 0 Å². The zero-order valence-electron chi connectivity index (χ0n) is 16.1. The molecule has 0 aliphatic heterocycles. The molecule has 0 N–H and O–H groups in total. The molecular formula is C18H28N6O2. The molecule has 0 spiro atoms. The predicted octanol–water partition coefficient (Wildman–Crippen LogP) is 6.16. The molecule has 1 aromatic rings. The first-order chi connectivity index (χ1) is 12.5. The fraction of sp³-hybridized carbons (Fsp3) is 0.667. The van der Waals surface area contributed by atoms with Crippen LogP contribution in [0.15, 0.2) is 22.4 Å². The smallest absolute Gasteiger partial charge is 0.123 e. The van der Waals surface area contributed by atoms with E-state index in [0.717, 1.165) is 24.0 Å². The van der Waals surface area contributed by atoms with Crippen molar-refractivity contribution in [2.24, 2.45) is 22.1 Å². The Morgan fingerprint density at radius 1 is 0.808 bits per heavy atom. The third kappa shape index (κ3) is 8.01. The van der Waals surface area contributed by atoms with Crippen molar-refractivity contribution >= 4 is 0 Å². The molecule has 0 bridgehead atoms. The number of nitrogens with zero attached hydrogens (tertiary/aromatic N) is 6. The van der Waals surface area contributed by atoms with Crippen LogP contribution in [0.1, 0.15) is 51.7 Å². The predicted molar refractivity (Wildman–Crippen MR) is 102 cm³/mol. The van der Waals surface area contributed by atoms with Crippen LogP contribution < -0.4 is 9.47 Å². The van der Waals surface area contributed by atoms with E-state index in [4.69, 9.17) is 20.5 Å². The van der Waals surface area contributed by atoms with Gasteiger partial charge in [-0.1, -0.05) is 37.9 Å². The molecule has 0 heterocycles. The minimum atomic E-state index is 0.176. The zero-order valence-corrected chi connectivity index (χ0v) is 16.1. The van der Waals surface area contributed by atoms with Crippen molar-refractivity contribution in [3.05, 3.63) is 44.1 Å². The maximum absolute atomic E-state index is 8.64. The Balaban J connectivity index is 3.11. The van der Waals surface area contributed by atoms with E-state index >= 15 is 0 Å². The van der Waals surface area contributed by atoms with Gasteiger partial charge in [0.2, 0.25) is 0 Å². The molecule has 0 aliphatic carbocycles. The van der Waals surface area contributed by atoms with E-state index in [9.17, 15) is 0 Å². The van der Waals surface area contributed by atoms with Gasteiger partial charge in [0.1, 0.15) is 11.5 Å². The lowest BCUT2D eigenvalue weighted by molar-refractivity contribution is 0.278.